The Bertz CT molecular complexity index is 716. The average molecular weight is 388 g/mol. The number of ether oxygens (including phenoxy) is 1. The van der Waals surface area contributed by atoms with Crippen LogP contribution < -0.4 is 5.32 Å². The van der Waals surface area contributed by atoms with Gasteiger partial charge in [0, 0.05) is 12.1 Å². The SMILES string of the molecule is CN(C)[C@]1(c2ccccc2)CC[C@@]2(CC1)CN(CC(=O)OC(C)(C)C)C(=O)N2. The second-order valence-corrected chi connectivity index (χ2v) is 9.45. The fraction of sp³-hybridized carbons (Fsp3) is 0.636. The molecule has 28 heavy (non-hydrogen) atoms. The minimum absolute atomic E-state index is 0.00234. The molecule has 1 heterocycles. The number of carbonyl (C=O) groups excluding carboxylic acids is 2. The first kappa shape index (κ1) is 20.6. The van der Waals surface area contributed by atoms with Crippen LogP contribution in [0, 0.1) is 0 Å². The van der Waals surface area contributed by atoms with Crippen LogP contribution in [0.1, 0.15) is 52.0 Å². The zero-order valence-corrected chi connectivity index (χ0v) is 17.7. The summed E-state index contributed by atoms with van der Waals surface area (Å²) in [5, 5.41) is 3.18. The molecule has 0 aromatic heterocycles. The lowest BCUT2D eigenvalue weighted by Crippen LogP contribution is -2.54. The van der Waals surface area contributed by atoms with E-state index in [2.05, 4.69) is 48.6 Å². The summed E-state index contributed by atoms with van der Waals surface area (Å²) >= 11 is 0. The molecule has 1 saturated carbocycles. The lowest BCUT2D eigenvalue weighted by molar-refractivity contribution is -0.155. The van der Waals surface area contributed by atoms with Crippen molar-refractivity contribution >= 4 is 12.0 Å². The van der Waals surface area contributed by atoms with Gasteiger partial charge in [-0.15, -0.1) is 0 Å². The molecule has 6 heteroatoms. The lowest BCUT2D eigenvalue weighted by atomic mass is 9.69. The van der Waals surface area contributed by atoms with Crippen molar-refractivity contribution in [1.29, 1.82) is 0 Å². The highest BCUT2D eigenvalue weighted by molar-refractivity contribution is 5.83. The van der Waals surface area contributed by atoms with Gasteiger partial charge < -0.3 is 15.0 Å². The van der Waals surface area contributed by atoms with Gasteiger partial charge in [-0.2, -0.15) is 0 Å². The van der Waals surface area contributed by atoms with E-state index in [1.165, 1.54) is 5.56 Å². The molecule has 154 valence electrons. The highest BCUT2D eigenvalue weighted by Crippen LogP contribution is 2.45. The van der Waals surface area contributed by atoms with Gasteiger partial charge in [0.1, 0.15) is 12.1 Å². The van der Waals surface area contributed by atoms with Gasteiger partial charge in [0.2, 0.25) is 0 Å². The number of urea groups is 1. The summed E-state index contributed by atoms with van der Waals surface area (Å²) in [6, 6.07) is 10.4. The van der Waals surface area contributed by atoms with E-state index in [-0.39, 0.29) is 29.6 Å². The van der Waals surface area contributed by atoms with Crippen molar-refractivity contribution in [2.75, 3.05) is 27.2 Å². The van der Waals surface area contributed by atoms with E-state index in [0.29, 0.717) is 6.54 Å². The lowest BCUT2D eigenvalue weighted by Gasteiger charge is -2.48. The maximum absolute atomic E-state index is 12.5. The second kappa shape index (κ2) is 7.39. The molecule has 3 rings (SSSR count). The molecular weight excluding hydrogens is 354 g/mol. The van der Waals surface area contributed by atoms with E-state index in [1.807, 2.05) is 26.8 Å². The van der Waals surface area contributed by atoms with Crippen LogP contribution in [0.2, 0.25) is 0 Å². The Morgan fingerprint density at radius 1 is 1.14 bits per heavy atom. The number of amides is 2. The van der Waals surface area contributed by atoms with Crippen molar-refractivity contribution in [2.45, 2.75) is 63.1 Å². The van der Waals surface area contributed by atoms with E-state index in [0.717, 1.165) is 25.7 Å². The summed E-state index contributed by atoms with van der Waals surface area (Å²) in [4.78, 5) is 28.6. The van der Waals surface area contributed by atoms with Gasteiger partial charge in [0.25, 0.3) is 0 Å². The Hall–Kier alpha value is -2.08. The highest BCUT2D eigenvalue weighted by atomic mass is 16.6. The quantitative estimate of drug-likeness (QED) is 0.807. The third-order valence-electron chi connectivity index (χ3n) is 6.09. The molecule has 1 aliphatic heterocycles. The molecule has 0 bridgehead atoms. The summed E-state index contributed by atoms with van der Waals surface area (Å²) in [6.07, 6.45) is 3.70. The summed E-state index contributed by atoms with van der Waals surface area (Å²) in [5.74, 6) is -0.359. The zero-order valence-electron chi connectivity index (χ0n) is 17.7. The number of rotatable bonds is 4. The Morgan fingerprint density at radius 2 is 1.75 bits per heavy atom. The Labute approximate surface area is 168 Å². The monoisotopic (exact) mass is 387 g/mol. The summed E-state index contributed by atoms with van der Waals surface area (Å²) < 4.78 is 5.38. The minimum Gasteiger partial charge on any atom is -0.459 e. The molecule has 1 aromatic carbocycles. The molecule has 1 saturated heterocycles. The normalized spacial score (nSPS) is 27.9. The average Bonchev–Trinajstić information content (AvgIpc) is 2.90. The molecule has 2 fully saturated rings. The maximum atomic E-state index is 12.5. The van der Waals surface area contributed by atoms with Crippen molar-refractivity contribution in [3.63, 3.8) is 0 Å². The molecule has 0 atom stereocenters. The number of benzene rings is 1. The van der Waals surface area contributed by atoms with Crippen molar-refractivity contribution in [3.05, 3.63) is 35.9 Å². The van der Waals surface area contributed by atoms with Crippen LogP contribution in [0.25, 0.3) is 0 Å². The first-order valence-electron chi connectivity index (χ1n) is 10.1. The Balaban J connectivity index is 1.68. The third kappa shape index (κ3) is 4.17. The van der Waals surface area contributed by atoms with E-state index < -0.39 is 5.60 Å². The molecule has 0 unspecified atom stereocenters. The van der Waals surface area contributed by atoms with Crippen molar-refractivity contribution in [1.82, 2.24) is 15.1 Å². The number of carbonyl (C=O) groups is 2. The van der Waals surface area contributed by atoms with E-state index in [1.54, 1.807) is 4.90 Å². The predicted octanol–water partition coefficient (Wildman–Crippen LogP) is 3.12. The molecule has 0 radical (unpaired) electrons. The maximum Gasteiger partial charge on any atom is 0.326 e. The van der Waals surface area contributed by atoms with Crippen LogP contribution in [0.5, 0.6) is 0 Å². The fourth-order valence-corrected chi connectivity index (χ4v) is 4.61. The molecule has 2 aliphatic rings. The van der Waals surface area contributed by atoms with Gasteiger partial charge in [0.05, 0.1) is 5.54 Å². The van der Waals surface area contributed by atoms with Crippen LogP contribution in [-0.4, -0.2) is 60.1 Å². The van der Waals surface area contributed by atoms with Gasteiger partial charge in [-0.25, -0.2) is 4.79 Å². The first-order valence-corrected chi connectivity index (χ1v) is 10.1. The molecule has 1 aromatic rings. The van der Waals surface area contributed by atoms with Crippen LogP contribution in [0.4, 0.5) is 4.79 Å². The van der Waals surface area contributed by atoms with Crippen molar-refractivity contribution in [3.8, 4) is 0 Å². The largest absolute Gasteiger partial charge is 0.459 e. The first-order chi connectivity index (χ1) is 13.1. The van der Waals surface area contributed by atoms with Gasteiger partial charge in [-0.3, -0.25) is 9.69 Å². The van der Waals surface area contributed by atoms with Crippen LogP contribution in [-0.2, 0) is 15.1 Å². The van der Waals surface area contributed by atoms with E-state index in [4.69, 9.17) is 4.74 Å². The van der Waals surface area contributed by atoms with Crippen molar-refractivity contribution < 1.29 is 14.3 Å². The molecule has 6 nitrogen and oxygen atoms in total. The zero-order chi connectivity index (χ0) is 20.6. The van der Waals surface area contributed by atoms with Crippen LogP contribution >= 0.6 is 0 Å². The van der Waals surface area contributed by atoms with Crippen LogP contribution in [0.3, 0.4) is 0 Å². The van der Waals surface area contributed by atoms with Gasteiger partial charge in [-0.05, 0) is 66.1 Å². The number of hydrogen-bond donors (Lipinski definition) is 1. The number of nitrogens with one attached hydrogen (secondary N) is 1. The Kier molecular flexibility index (Phi) is 5.45. The van der Waals surface area contributed by atoms with Crippen LogP contribution in [0.15, 0.2) is 30.3 Å². The Morgan fingerprint density at radius 3 is 2.29 bits per heavy atom. The number of esters is 1. The fourth-order valence-electron chi connectivity index (χ4n) is 4.61. The highest BCUT2D eigenvalue weighted by Gasteiger charge is 2.50. The standard InChI is InChI=1S/C22H33N3O3/c1-20(2,3)28-18(26)15-25-16-21(23-19(25)27)11-13-22(14-12-21,24(4)5)17-9-7-6-8-10-17/h6-10H,11-16H2,1-5H3,(H,23,27)/t21-,22-. The minimum atomic E-state index is -0.545. The topological polar surface area (TPSA) is 61.9 Å². The van der Waals surface area contributed by atoms with E-state index >= 15 is 0 Å². The molecule has 2 amide bonds. The van der Waals surface area contributed by atoms with Gasteiger partial charge >= 0.3 is 12.0 Å². The number of nitrogens with zero attached hydrogens (tertiary/aromatic N) is 2. The van der Waals surface area contributed by atoms with Gasteiger partial charge in [-0.1, -0.05) is 30.3 Å². The molecule has 1 N–H and O–H groups in total. The van der Waals surface area contributed by atoms with Crippen molar-refractivity contribution in [2.24, 2.45) is 0 Å². The molecular formula is C22H33N3O3. The van der Waals surface area contributed by atoms with Gasteiger partial charge in [0.15, 0.2) is 0 Å². The smallest absolute Gasteiger partial charge is 0.326 e. The molecule has 1 aliphatic carbocycles. The molecule has 1 spiro atoms. The summed E-state index contributed by atoms with van der Waals surface area (Å²) in [5.41, 5.74) is 0.504. The van der Waals surface area contributed by atoms with E-state index in [9.17, 15) is 9.59 Å². The summed E-state index contributed by atoms with van der Waals surface area (Å²) in [6.45, 7) is 6.07. The third-order valence-corrected chi connectivity index (χ3v) is 6.09. The second-order valence-electron chi connectivity index (χ2n) is 9.45. The predicted molar refractivity (Wildman–Crippen MR) is 109 cm³/mol. The summed E-state index contributed by atoms with van der Waals surface area (Å²) in [7, 11) is 4.26. The number of hydrogen-bond acceptors (Lipinski definition) is 4.